The van der Waals surface area contributed by atoms with Gasteiger partial charge >= 0.3 is 0 Å². The molecule has 1 rings (SSSR count). The number of ether oxygens (including phenoxy) is 2. The highest BCUT2D eigenvalue weighted by Gasteiger charge is 2.16. The minimum Gasteiger partial charge on any atom is -0.493 e. The third kappa shape index (κ3) is 3.59. The summed E-state index contributed by atoms with van der Waals surface area (Å²) in [6.07, 6.45) is 0.340. The van der Waals surface area contributed by atoms with E-state index in [-0.39, 0.29) is 17.3 Å². The summed E-state index contributed by atoms with van der Waals surface area (Å²) in [6.45, 7) is 0.201. The predicted molar refractivity (Wildman–Crippen MR) is 66.4 cm³/mol. The first-order valence-corrected chi connectivity index (χ1v) is 6.97. The average molecular weight is 275 g/mol. The van der Waals surface area contributed by atoms with Crippen molar-refractivity contribution in [2.45, 2.75) is 11.3 Å². The maximum absolute atomic E-state index is 12.0. The molecule has 18 heavy (non-hydrogen) atoms. The second-order valence-electron chi connectivity index (χ2n) is 3.56. The number of rotatable bonds is 7. The van der Waals surface area contributed by atoms with Gasteiger partial charge in [-0.15, -0.1) is 0 Å². The van der Waals surface area contributed by atoms with Crippen molar-refractivity contribution in [3.05, 3.63) is 18.2 Å². The third-order valence-electron chi connectivity index (χ3n) is 2.39. The van der Waals surface area contributed by atoms with Crippen molar-refractivity contribution in [1.29, 1.82) is 0 Å². The molecule has 0 saturated carbocycles. The minimum absolute atomic E-state index is 0.0281. The van der Waals surface area contributed by atoms with Gasteiger partial charge in [-0.2, -0.15) is 0 Å². The fourth-order valence-electron chi connectivity index (χ4n) is 1.46. The van der Waals surface area contributed by atoms with E-state index in [0.717, 1.165) is 0 Å². The molecule has 0 unspecified atom stereocenters. The van der Waals surface area contributed by atoms with Crippen LogP contribution in [-0.2, 0) is 14.7 Å². The fourth-order valence-corrected chi connectivity index (χ4v) is 2.76. The van der Waals surface area contributed by atoms with E-state index in [0.29, 0.717) is 17.9 Å². The quantitative estimate of drug-likeness (QED) is 0.584. The molecule has 0 bridgehead atoms. The Kier molecular flexibility index (Phi) is 5.39. The molecule has 0 atom stereocenters. The highest BCUT2D eigenvalue weighted by atomic mass is 32.2. The molecule has 0 fully saturated rings. The summed E-state index contributed by atoms with van der Waals surface area (Å²) in [5.41, 5.74) is 0. The van der Waals surface area contributed by atoms with Crippen LogP contribution in [0.25, 0.3) is 0 Å². The van der Waals surface area contributed by atoms with Gasteiger partial charge in [-0.25, -0.2) is 14.3 Å². The van der Waals surface area contributed by atoms with Crippen molar-refractivity contribution in [3.8, 4) is 11.5 Å². The van der Waals surface area contributed by atoms with Crippen LogP contribution in [0.2, 0.25) is 0 Å². The molecule has 0 spiro atoms. The predicted octanol–water partition coefficient (Wildman–Crippen LogP) is 0.758. The van der Waals surface area contributed by atoms with Crippen molar-refractivity contribution in [1.82, 2.24) is 0 Å². The Balaban J connectivity index is 2.95. The van der Waals surface area contributed by atoms with E-state index in [1.807, 2.05) is 0 Å². The zero-order chi connectivity index (χ0) is 13.6. The summed E-state index contributed by atoms with van der Waals surface area (Å²) in [5, 5.41) is 0. The van der Waals surface area contributed by atoms with Gasteiger partial charge in [0.2, 0.25) is 0 Å². The maximum atomic E-state index is 12.0. The fraction of sp³-hybridized carbons (Fsp3) is 0.455. The highest BCUT2D eigenvalue weighted by Crippen LogP contribution is 2.29. The van der Waals surface area contributed by atoms with E-state index in [1.54, 1.807) is 6.07 Å². The second-order valence-corrected chi connectivity index (χ2v) is 5.67. The summed E-state index contributed by atoms with van der Waals surface area (Å²) >= 11 is 0. The average Bonchev–Trinajstić information content (AvgIpc) is 2.38. The van der Waals surface area contributed by atoms with Crippen LogP contribution in [0.15, 0.2) is 23.1 Å². The molecule has 2 N–H and O–H groups in total. The SMILES string of the molecule is COc1ccc(S(=O)(=O)CCCON)cc1OC. The Morgan fingerprint density at radius 2 is 1.83 bits per heavy atom. The van der Waals surface area contributed by atoms with E-state index in [4.69, 9.17) is 15.4 Å². The molecule has 102 valence electrons. The Bertz CT molecular complexity index is 486. The lowest BCUT2D eigenvalue weighted by molar-refractivity contribution is 0.139. The third-order valence-corrected chi connectivity index (χ3v) is 4.19. The summed E-state index contributed by atoms with van der Waals surface area (Å²) in [7, 11) is -0.416. The zero-order valence-corrected chi connectivity index (χ0v) is 11.2. The summed E-state index contributed by atoms with van der Waals surface area (Å²) < 4.78 is 34.1. The lowest BCUT2D eigenvalue weighted by Gasteiger charge is -2.10. The van der Waals surface area contributed by atoms with Crippen LogP contribution in [0, 0.1) is 0 Å². The van der Waals surface area contributed by atoms with Crippen molar-refractivity contribution < 1.29 is 22.7 Å². The molecule has 0 heterocycles. The maximum Gasteiger partial charge on any atom is 0.178 e. The van der Waals surface area contributed by atoms with E-state index in [9.17, 15) is 8.42 Å². The molecule has 0 radical (unpaired) electrons. The molecule has 0 aliphatic rings. The lowest BCUT2D eigenvalue weighted by atomic mass is 10.3. The smallest absolute Gasteiger partial charge is 0.178 e. The van der Waals surface area contributed by atoms with Crippen LogP contribution < -0.4 is 15.4 Å². The van der Waals surface area contributed by atoms with E-state index in [1.165, 1.54) is 26.4 Å². The molecule has 0 aromatic heterocycles. The van der Waals surface area contributed by atoms with Crippen molar-refractivity contribution >= 4 is 9.84 Å². The zero-order valence-electron chi connectivity index (χ0n) is 10.4. The van der Waals surface area contributed by atoms with Gasteiger partial charge in [0.25, 0.3) is 0 Å². The summed E-state index contributed by atoms with van der Waals surface area (Å²) in [6, 6.07) is 4.49. The number of sulfone groups is 1. The topological polar surface area (TPSA) is 87.9 Å². The van der Waals surface area contributed by atoms with E-state index < -0.39 is 9.84 Å². The molecule has 0 aliphatic carbocycles. The first-order chi connectivity index (χ1) is 8.55. The highest BCUT2D eigenvalue weighted by molar-refractivity contribution is 7.91. The van der Waals surface area contributed by atoms with Gasteiger partial charge in [-0.1, -0.05) is 0 Å². The Labute approximate surface area is 107 Å². The van der Waals surface area contributed by atoms with Crippen LogP contribution >= 0.6 is 0 Å². The molecular weight excluding hydrogens is 258 g/mol. The molecule has 0 amide bonds. The lowest BCUT2D eigenvalue weighted by Crippen LogP contribution is -2.11. The van der Waals surface area contributed by atoms with E-state index >= 15 is 0 Å². The number of nitrogens with two attached hydrogens (primary N) is 1. The van der Waals surface area contributed by atoms with Crippen molar-refractivity contribution in [3.63, 3.8) is 0 Å². The minimum atomic E-state index is -3.36. The van der Waals surface area contributed by atoms with Gasteiger partial charge in [0, 0.05) is 6.07 Å². The molecular formula is C11H17NO5S. The molecule has 0 aliphatic heterocycles. The molecule has 7 heteroatoms. The van der Waals surface area contributed by atoms with Crippen molar-refractivity contribution in [2.24, 2.45) is 5.90 Å². The number of hydrogen-bond acceptors (Lipinski definition) is 6. The standard InChI is InChI=1S/C11H17NO5S/c1-15-10-5-4-9(8-11(10)16-2)18(13,14)7-3-6-17-12/h4-5,8H,3,6-7,12H2,1-2H3. The molecule has 1 aromatic carbocycles. The van der Waals surface area contributed by atoms with Gasteiger partial charge in [-0.3, -0.25) is 0 Å². The van der Waals surface area contributed by atoms with Gasteiger partial charge in [-0.05, 0) is 18.6 Å². The molecule has 1 aromatic rings. The number of benzene rings is 1. The van der Waals surface area contributed by atoms with Crippen LogP contribution in [0.3, 0.4) is 0 Å². The molecule has 0 saturated heterocycles. The van der Waals surface area contributed by atoms with Crippen LogP contribution in [0.4, 0.5) is 0 Å². The monoisotopic (exact) mass is 275 g/mol. The van der Waals surface area contributed by atoms with E-state index in [2.05, 4.69) is 4.84 Å². The first kappa shape index (κ1) is 14.7. The van der Waals surface area contributed by atoms with Gasteiger partial charge < -0.3 is 14.3 Å². The second kappa shape index (κ2) is 6.58. The van der Waals surface area contributed by atoms with Crippen molar-refractivity contribution in [2.75, 3.05) is 26.6 Å². The normalized spacial score (nSPS) is 11.3. The van der Waals surface area contributed by atoms with Crippen LogP contribution in [-0.4, -0.2) is 35.0 Å². The van der Waals surface area contributed by atoms with Gasteiger partial charge in [0.15, 0.2) is 21.3 Å². The molecule has 6 nitrogen and oxygen atoms in total. The Morgan fingerprint density at radius 3 is 2.39 bits per heavy atom. The van der Waals surface area contributed by atoms with Crippen LogP contribution in [0.5, 0.6) is 11.5 Å². The van der Waals surface area contributed by atoms with Gasteiger partial charge in [0.1, 0.15) is 0 Å². The first-order valence-electron chi connectivity index (χ1n) is 5.31. The van der Waals surface area contributed by atoms with Gasteiger partial charge in [0.05, 0.1) is 31.5 Å². The summed E-state index contributed by atoms with van der Waals surface area (Å²) in [5.74, 6) is 5.69. The Morgan fingerprint density at radius 1 is 1.17 bits per heavy atom. The largest absolute Gasteiger partial charge is 0.493 e. The summed E-state index contributed by atoms with van der Waals surface area (Å²) in [4.78, 5) is 4.54. The Hall–Kier alpha value is -1.31. The van der Waals surface area contributed by atoms with Crippen LogP contribution in [0.1, 0.15) is 6.42 Å². The number of hydrogen-bond donors (Lipinski definition) is 1. The number of methoxy groups -OCH3 is 2.